The number of rotatable bonds is 3. The summed E-state index contributed by atoms with van der Waals surface area (Å²) in [6.45, 7) is 4.22. The monoisotopic (exact) mass is 262 g/mol. The molecule has 0 saturated heterocycles. The minimum absolute atomic E-state index is 0.124. The number of aromatic amines is 1. The van der Waals surface area contributed by atoms with Gasteiger partial charge in [-0.25, -0.2) is 4.98 Å². The summed E-state index contributed by atoms with van der Waals surface area (Å²) in [7, 11) is 0. The normalized spacial score (nSPS) is 12.8. The Kier molecular flexibility index (Phi) is 3.99. The highest BCUT2D eigenvalue weighted by Gasteiger charge is 2.08. The van der Waals surface area contributed by atoms with E-state index in [2.05, 4.69) is 39.7 Å². The molecule has 1 atom stereocenters. The average molecular weight is 263 g/mol. The van der Waals surface area contributed by atoms with Crippen LogP contribution in [0.1, 0.15) is 20.3 Å². The zero-order valence-corrected chi connectivity index (χ0v) is 9.91. The van der Waals surface area contributed by atoms with Gasteiger partial charge in [0, 0.05) is 5.25 Å². The number of hydrogen-bond donors (Lipinski definition) is 1. The zero-order valence-electron chi connectivity index (χ0n) is 7.50. The van der Waals surface area contributed by atoms with E-state index in [1.807, 2.05) is 0 Å². The largest absolute Gasteiger partial charge is 0.312 e. The molecule has 1 aromatic heterocycles. The highest BCUT2D eigenvalue weighted by Crippen LogP contribution is 2.26. The van der Waals surface area contributed by atoms with Crippen LogP contribution in [0.2, 0.25) is 0 Å². The molecule has 0 aliphatic heterocycles. The quantitative estimate of drug-likeness (QED) is 0.673. The van der Waals surface area contributed by atoms with E-state index in [0.29, 0.717) is 9.72 Å². The fraction of sp³-hybridized carbons (Fsp3) is 0.500. The van der Waals surface area contributed by atoms with Gasteiger partial charge in [0.05, 0.1) is 6.33 Å². The predicted molar refractivity (Wildman–Crippen MR) is 58.2 cm³/mol. The molecule has 1 unspecified atom stereocenters. The van der Waals surface area contributed by atoms with Gasteiger partial charge in [0.15, 0.2) is 0 Å². The van der Waals surface area contributed by atoms with Crippen molar-refractivity contribution in [1.29, 1.82) is 0 Å². The minimum atomic E-state index is -0.124. The Bertz CT molecular complexity index is 339. The summed E-state index contributed by atoms with van der Waals surface area (Å²) < 4.78 is 0.528. The standard InChI is InChI=1S/C8H11BrN2OS/c1-3-5(2)13-8-6(9)7(12)10-4-11-8/h4-5H,3H2,1-2H3,(H,10,11,12). The summed E-state index contributed by atoms with van der Waals surface area (Å²) in [4.78, 5) is 17.7. The maximum Gasteiger partial charge on any atom is 0.266 e. The Morgan fingerprint density at radius 2 is 2.46 bits per heavy atom. The van der Waals surface area contributed by atoms with Crippen molar-refractivity contribution in [2.24, 2.45) is 0 Å². The number of thioether (sulfide) groups is 1. The summed E-state index contributed by atoms with van der Waals surface area (Å²) in [5, 5.41) is 1.24. The van der Waals surface area contributed by atoms with Gasteiger partial charge in [0.25, 0.3) is 5.56 Å². The van der Waals surface area contributed by atoms with Gasteiger partial charge < -0.3 is 4.98 Å². The van der Waals surface area contributed by atoms with Crippen LogP contribution in [0.15, 0.2) is 20.6 Å². The third-order valence-electron chi connectivity index (χ3n) is 1.65. The van der Waals surface area contributed by atoms with Crippen LogP contribution in [-0.4, -0.2) is 15.2 Å². The first-order valence-electron chi connectivity index (χ1n) is 4.05. The van der Waals surface area contributed by atoms with E-state index in [4.69, 9.17) is 0 Å². The summed E-state index contributed by atoms with van der Waals surface area (Å²) in [6, 6.07) is 0. The van der Waals surface area contributed by atoms with Gasteiger partial charge in [-0.3, -0.25) is 4.79 Å². The topological polar surface area (TPSA) is 45.8 Å². The van der Waals surface area contributed by atoms with Crippen molar-refractivity contribution >= 4 is 27.7 Å². The van der Waals surface area contributed by atoms with Gasteiger partial charge in [0.2, 0.25) is 0 Å². The molecule has 0 amide bonds. The van der Waals surface area contributed by atoms with Crippen LogP contribution in [-0.2, 0) is 0 Å². The van der Waals surface area contributed by atoms with E-state index in [-0.39, 0.29) is 5.56 Å². The number of halogens is 1. The van der Waals surface area contributed by atoms with Crippen molar-refractivity contribution in [2.75, 3.05) is 0 Å². The molecule has 3 nitrogen and oxygen atoms in total. The number of aromatic nitrogens is 2. The van der Waals surface area contributed by atoms with Crippen molar-refractivity contribution in [1.82, 2.24) is 9.97 Å². The van der Waals surface area contributed by atoms with Crippen molar-refractivity contribution in [2.45, 2.75) is 30.5 Å². The SMILES string of the molecule is CCC(C)Sc1nc[nH]c(=O)c1Br. The van der Waals surface area contributed by atoms with Gasteiger partial charge in [-0.05, 0) is 22.4 Å². The summed E-state index contributed by atoms with van der Waals surface area (Å²) >= 11 is 4.82. The predicted octanol–water partition coefficient (Wildman–Crippen LogP) is 2.42. The molecular weight excluding hydrogens is 252 g/mol. The van der Waals surface area contributed by atoms with E-state index >= 15 is 0 Å². The first-order valence-corrected chi connectivity index (χ1v) is 5.72. The molecule has 0 saturated carbocycles. The second-order valence-electron chi connectivity index (χ2n) is 2.69. The third-order valence-corrected chi connectivity index (χ3v) is 3.92. The molecule has 1 heterocycles. The second kappa shape index (κ2) is 4.81. The van der Waals surface area contributed by atoms with Crippen LogP contribution in [0.4, 0.5) is 0 Å². The first kappa shape index (κ1) is 10.8. The number of hydrogen-bond acceptors (Lipinski definition) is 3. The lowest BCUT2D eigenvalue weighted by Gasteiger charge is -2.07. The van der Waals surface area contributed by atoms with Gasteiger partial charge >= 0.3 is 0 Å². The van der Waals surface area contributed by atoms with E-state index in [0.717, 1.165) is 11.4 Å². The van der Waals surface area contributed by atoms with E-state index < -0.39 is 0 Å². The van der Waals surface area contributed by atoms with Gasteiger partial charge in [-0.2, -0.15) is 0 Å². The molecule has 72 valence electrons. The molecule has 1 rings (SSSR count). The minimum Gasteiger partial charge on any atom is -0.312 e. The van der Waals surface area contributed by atoms with E-state index in [1.54, 1.807) is 11.8 Å². The van der Waals surface area contributed by atoms with Crippen LogP contribution in [0, 0.1) is 0 Å². The molecule has 0 radical (unpaired) electrons. The molecule has 0 spiro atoms. The molecular formula is C8H11BrN2OS. The molecule has 0 aliphatic carbocycles. The Labute approximate surface area is 89.5 Å². The number of nitrogens with one attached hydrogen (secondary N) is 1. The van der Waals surface area contributed by atoms with Gasteiger partial charge in [-0.15, -0.1) is 11.8 Å². The van der Waals surface area contributed by atoms with Crippen LogP contribution in [0.5, 0.6) is 0 Å². The fourth-order valence-electron chi connectivity index (χ4n) is 0.723. The number of nitrogens with zero attached hydrogens (tertiary/aromatic N) is 1. The third kappa shape index (κ3) is 2.84. The van der Waals surface area contributed by atoms with Crippen molar-refractivity contribution in [3.63, 3.8) is 0 Å². The van der Waals surface area contributed by atoms with Gasteiger partial charge in [0.1, 0.15) is 9.50 Å². The lowest BCUT2D eigenvalue weighted by atomic mass is 10.4. The molecule has 0 bridgehead atoms. The highest BCUT2D eigenvalue weighted by molar-refractivity contribution is 9.10. The summed E-state index contributed by atoms with van der Waals surface area (Å²) in [6.07, 6.45) is 2.49. The lowest BCUT2D eigenvalue weighted by Crippen LogP contribution is -2.09. The van der Waals surface area contributed by atoms with Crippen molar-refractivity contribution in [3.05, 3.63) is 21.2 Å². The van der Waals surface area contributed by atoms with Gasteiger partial charge in [-0.1, -0.05) is 13.8 Å². The summed E-state index contributed by atoms with van der Waals surface area (Å²) in [5.41, 5.74) is -0.124. The molecule has 0 fully saturated rings. The maximum absolute atomic E-state index is 11.2. The molecule has 0 aromatic carbocycles. The number of H-pyrrole nitrogens is 1. The van der Waals surface area contributed by atoms with Crippen molar-refractivity contribution in [3.8, 4) is 0 Å². The Morgan fingerprint density at radius 1 is 1.77 bits per heavy atom. The van der Waals surface area contributed by atoms with Crippen LogP contribution in [0.3, 0.4) is 0 Å². The smallest absolute Gasteiger partial charge is 0.266 e. The molecule has 13 heavy (non-hydrogen) atoms. The second-order valence-corrected chi connectivity index (χ2v) is 4.91. The van der Waals surface area contributed by atoms with E-state index in [9.17, 15) is 4.79 Å². The Hall–Kier alpha value is -0.290. The molecule has 1 N–H and O–H groups in total. The van der Waals surface area contributed by atoms with Crippen molar-refractivity contribution < 1.29 is 0 Å². The average Bonchev–Trinajstić information content (AvgIpc) is 2.13. The van der Waals surface area contributed by atoms with Crippen LogP contribution < -0.4 is 5.56 Å². The molecule has 0 aliphatic rings. The highest BCUT2D eigenvalue weighted by atomic mass is 79.9. The molecule has 1 aromatic rings. The van der Waals surface area contributed by atoms with Crippen LogP contribution >= 0.6 is 27.7 Å². The Balaban J connectivity index is 2.89. The fourth-order valence-corrected chi connectivity index (χ4v) is 2.08. The summed E-state index contributed by atoms with van der Waals surface area (Å²) in [5.74, 6) is 0. The molecule has 5 heteroatoms. The maximum atomic E-state index is 11.2. The first-order chi connectivity index (χ1) is 6.15. The van der Waals surface area contributed by atoms with E-state index in [1.165, 1.54) is 6.33 Å². The Morgan fingerprint density at radius 3 is 3.08 bits per heavy atom. The van der Waals surface area contributed by atoms with Crippen LogP contribution in [0.25, 0.3) is 0 Å². The lowest BCUT2D eigenvalue weighted by molar-refractivity contribution is 0.894. The zero-order chi connectivity index (χ0) is 9.84.